The second-order valence-electron chi connectivity index (χ2n) is 7.84. The summed E-state index contributed by atoms with van der Waals surface area (Å²) in [7, 11) is 3.50. The van der Waals surface area contributed by atoms with Crippen molar-refractivity contribution in [1.82, 2.24) is 14.5 Å². The third kappa shape index (κ3) is 4.61. The zero-order valence-corrected chi connectivity index (χ0v) is 18.7. The molecular weight excluding hydrogens is 410 g/mol. The third-order valence-corrected chi connectivity index (χ3v) is 6.84. The molecule has 1 aromatic heterocycles. The number of thioether (sulfide) groups is 1. The van der Waals surface area contributed by atoms with Gasteiger partial charge in [-0.3, -0.25) is 14.2 Å². The molecule has 3 aromatic rings. The van der Waals surface area contributed by atoms with Gasteiger partial charge in [0.05, 0.1) is 29.5 Å². The Morgan fingerprint density at radius 1 is 1.13 bits per heavy atom. The van der Waals surface area contributed by atoms with Gasteiger partial charge in [0.2, 0.25) is 5.91 Å². The van der Waals surface area contributed by atoms with E-state index in [1.807, 2.05) is 54.4 Å². The van der Waals surface area contributed by atoms with E-state index in [0.717, 1.165) is 12.8 Å². The molecular formula is C24H27N3O3S. The zero-order valence-electron chi connectivity index (χ0n) is 17.9. The SMILES string of the molecule is COc1ccc(-n2c(SCC(=O)N(C)C3CCCCC3)nc3ccccc3c2=O)cc1. The molecule has 0 N–H and O–H groups in total. The second kappa shape index (κ2) is 9.56. The Morgan fingerprint density at radius 3 is 2.55 bits per heavy atom. The molecule has 0 spiro atoms. The monoisotopic (exact) mass is 437 g/mol. The minimum absolute atomic E-state index is 0.0700. The lowest BCUT2D eigenvalue weighted by Gasteiger charge is -2.31. The highest BCUT2D eigenvalue weighted by Crippen LogP contribution is 2.25. The van der Waals surface area contributed by atoms with E-state index in [0.29, 0.717) is 33.5 Å². The van der Waals surface area contributed by atoms with Crippen LogP contribution in [0.3, 0.4) is 0 Å². The van der Waals surface area contributed by atoms with Gasteiger partial charge in [-0.1, -0.05) is 43.2 Å². The maximum absolute atomic E-state index is 13.3. The standard InChI is InChI=1S/C24H27N3O3S/c1-26(17-8-4-3-5-9-17)22(28)16-31-24-25-21-11-7-6-10-20(21)23(29)27(24)18-12-14-19(30-2)15-13-18/h6-7,10-15,17H,3-5,8-9,16H2,1-2H3. The van der Waals surface area contributed by atoms with Gasteiger partial charge in [0.25, 0.3) is 5.56 Å². The van der Waals surface area contributed by atoms with Crippen molar-refractivity contribution in [3.05, 3.63) is 58.9 Å². The Hall–Kier alpha value is -2.80. The molecule has 0 aliphatic heterocycles. The summed E-state index contributed by atoms with van der Waals surface area (Å²) in [5, 5.41) is 1.06. The van der Waals surface area contributed by atoms with Crippen LogP contribution in [0.1, 0.15) is 32.1 Å². The molecule has 7 heteroatoms. The Balaban J connectivity index is 1.65. The van der Waals surface area contributed by atoms with Crippen LogP contribution in [0.25, 0.3) is 16.6 Å². The lowest BCUT2D eigenvalue weighted by atomic mass is 9.94. The molecule has 0 unspecified atom stereocenters. The average Bonchev–Trinajstić information content (AvgIpc) is 2.83. The van der Waals surface area contributed by atoms with E-state index < -0.39 is 0 Å². The molecule has 0 atom stereocenters. The van der Waals surface area contributed by atoms with Gasteiger partial charge in [-0.15, -0.1) is 0 Å². The molecule has 1 aliphatic rings. The summed E-state index contributed by atoms with van der Waals surface area (Å²) >= 11 is 1.31. The van der Waals surface area contributed by atoms with Gasteiger partial charge in [0.1, 0.15) is 5.75 Å². The highest BCUT2D eigenvalue weighted by molar-refractivity contribution is 7.99. The van der Waals surface area contributed by atoms with Crippen LogP contribution in [0, 0.1) is 0 Å². The van der Waals surface area contributed by atoms with Crippen molar-refractivity contribution in [1.29, 1.82) is 0 Å². The van der Waals surface area contributed by atoms with Gasteiger partial charge in [-0.2, -0.15) is 0 Å². The maximum atomic E-state index is 13.3. The fraction of sp³-hybridized carbons (Fsp3) is 0.375. The Kier molecular flexibility index (Phi) is 6.61. The predicted molar refractivity (Wildman–Crippen MR) is 124 cm³/mol. The van der Waals surface area contributed by atoms with E-state index in [4.69, 9.17) is 9.72 Å². The fourth-order valence-corrected chi connectivity index (χ4v) is 5.00. The van der Waals surface area contributed by atoms with E-state index in [1.165, 1.54) is 31.0 Å². The molecule has 1 saturated carbocycles. The molecule has 6 nitrogen and oxygen atoms in total. The van der Waals surface area contributed by atoms with E-state index in [-0.39, 0.29) is 17.2 Å². The number of ether oxygens (including phenoxy) is 1. The van der Waals surface area contributed by atoms with Gasteiger partial charge in [0, 0.05) is 13.1 Å². The maximum Gasteiger partial charge on any atom is 0.266 e. The highest BCUT2D eigenvalue weighted by atomic mass is 32.2. The number of para-hydroxylation sites is 1. The van der Waals surface area contributed by atoms with Crippen molar-refractivity contribution in [3.8, 4) is 11.4 Å². The van der Waals surface area contributed by atoms with Crippen LogP contribution in [0.2, 0.25) is 0 Å². The summed E-state index contributed by atoms with van der Waals surface area (Å²) in [6.07, 6.45) is 5.75. The van der Waals surface area contributed by atoms with Gasteiger partial charge in [-0.05, 0) is 49.2 Å². The van der Waals surface area contributed by atoms with Gasteiger partial charge < -0.3 is 9.64 Å². The lowest BCUT2D eigenvalue weighted by molar-refractivity contribution is -0.129. The van der Waals surface area contributed by atoms with E-state index in [9.17, 15) is 9.59 Å². The fourth-order valence-electron chi connectivity index (χ4n) is 4.07. The molecule has 4 rings (SSSR count). The van der Waals surface area contributed by atoms with Crippen molar-refractivity contribution in [3.63, 3.8) is 0 Å². The topological polar surface area (TPSA) is 64.4 Å². The number of methoxy groups -OCH3 is 1. The number of carbonyl (C=O) groups is 1. The van der Waals surface area contributed by atoms with Crippen molar-refractivity contribution in [2.45, 2.75) is 43.3 Å². The summed E-state index contributed by atoms with van der Waals surface area (Å²) in [5.74, 6) is 1.03. The molecule has 0 saturated heterocycles. The first kappa shape index (κ1) is 21.4. The number of nitrogens with zero attached hydrogens (tertiary/aromatic N) is 3. The van der Waals surface area contributed by atoms with Gasteiger partial charge in [-0.25, -0.2) is 4.98 Å². The van der Waals surface area contributed by atoms with Gasteiger partial charge in [0.15, 0.2) is 5.16 Å². The van der Waals surface area contributed by atoms with E-state index in [1.54, 1.807) is 17.7 Å². The lowest BCUT2D eigenvalue weighted by Crippen LogP contribution is -2.39. The number of amides is 1. The van der Waals surface area contributed by atoms with Crippen LogP contribution in [0.5, 0.6) is 5.75 Å². The Morgan fingerprint density at radius 2 is 1.84 bits per heavy atom. The summed E-state index contributed by atoms with van der Waals surface area (Å²) < 4.78 is 6.82. The van der Waals surface area contributed by atoms with Crippen LogP contribution in [-0.2, 0) is 4.79 Å². The Bertz CT molecular complexity index is 1120. The minimum Gasteiger partial charge on any atom is -0.497 e. The molecule has 1 fully saturated rings. The second-order valence-corrected chi connectivity index (χ2v) is 8.78. The number of fused-ring (bicyclic) bond motifs is 1. The molecule has 2 aromatic carbocycles. The number of aromatic nitrogens is 2. The van der Waals surface area contributed by atoms with E-state index in [2.05, 4.69) is 0 Å². The number of hydrogen-bond acceptors (Lipinski definition) is 5. The predicted octanol–water partition coefficient (Wildman–Crippen LogP) is 4.28. The summed E-state index contributed by atoms with van der Waals surface area (Å²) in [5.41, 5.74) is 1.18. The summed E-state index contributed by atoms with van der Waals surface area (Å²) in [4.78, 5) is 32.8. The molecule has 31 heavy (non-hydrogen) atoms. The van der Waals surface area contributed by atoms with Crippen molar-refractivity contribution in [2.24, 2.45) is 0 Å². The number of rotatable bonds is 6. The van der Waals surface area contributed by atoms with Crippen LogP contribution in [-0.4, -0.2) is 46.3 Å². The van der Waals surface area contributed by atoms with Crippen LogP contribution in [0.15, 0.2) is 58.5 Å². The first-order valence-corrected chi connectivity index (χ1v) is 11.6. The third-order valence-electron chi connectivity index (χ3n) is 5.92. The minimum atomic E-state index is -0.147. The molecule has 0 radical (unpaired) electrons. The summed E-state index contributed by atoms with van der Waals surface area (Å²) in [6, 6.07) is 14.9. The smallest absolute Gasteiger partial charge is 0.266 e. The molecule has 0 bridgehead atoms. The first-order valence-electron chi connectivity index (χ1n) is 10.6. The largest absolute Gasteiger partial charge is 0.497 e. The van der Waals surface area contributed by atoms with Crippen LogP contribution in [0.4, 0.5) is 0 Å². The number of carbonyl (C=O) groups excluding carboxylic acids is 1. The van der Waals surface area contributed by atoms with Crippen LogP contribution < -0.4 is 10.3 Å². The van der Waals surface area contributed by atoms with Crippen molar-refractivity contribution < 1.29 is 9.53 Å². The summed E-state index contributed by atoms with van der Waals surface area (Å²) in [6.45, 7) is 0. The molecule has 1 aliphatic carbocycles. The Labute approximate surface area is 186 Å². The molecule has 1 amide bonds. The highest BCUT2D eigenvalue weighted by Gasteiger charge is 2.23. The van der Waals surface area contributed by atoms with Crippen LogP contribution >= 0.6 is 11.8 Å². The molecule has 1 heterocycles. The zero-order chi connectivity index (χ0) is 21.8. The first-order chi connectivity index (χ1) is 15.1. The average molecular weight is 438 g/mol. The van der Waals surface area contributed by atoms with Gasteiger partial charge >= 0.3 is 0 Å². The normalized spacial score (nSPS) is 14.5. The molecule has 162 valence electrons. The quantitative estimate of drug-likeness (QED) is 0.425. The number of hydrogen-bond donors (Lipinski definition) is 0. The van der Waals surface area contributed by atoms with Crippen molar-refractivity contribution >= 4 is 28.6 Å². The van der Waals surface area contributed by atoms with E-state index >= 15 is 0 Å². The number of benzene rings is 2. The van der Waals surface area contributed by atoms with Crippen molar-refractivity contribution in [2.75, 3.05) is 19.9 Å².